The fraction of sp³-hybridized carbons (Fsp3) is 0.200. The number of anilines is 1. The van der Waals surface area contributed by atoms with Gasteiger partial charge in [0.15, 0.2) is 0 Å². The van der Waals surface area contributed by atoms with Crippen molar-refractivity contribution in [2.45, 2.75) is 6.92 Å². The molecular formula is C10H11Cl2N. The molecule has 1 aromatic carbocycles. The Morgan fingerprint density at radius 2 is 2.15 bits per heavy atom. The van der Waals surface area contributed by atoms with Gasteiger partial charge in [-0.15, -0.1) is 11.6 Å². The van der Waals surface area contributed by atoms with Gasteiger partial charge in [-0.25, -0.2) is 0 Å². The van der Waals surface area contributed by atoms with E-state index in [-0.39, 0.29) is 0 Å². The summed E-state index contributed by atoms with van der Waals surface area (Å²) in [5, 5.41) is 0.696. The molecule has 13 heavy (non-hydrogen) atoms. The summed E-state index contributed by atoms with van der Waals surface area (Å²) in [6.45, 7) is 1.90. The van der Waals surface area contributed by atoms with Crippen molar-refractivity contribution in [3.05, 3.63) is 34.4 Å². The van der Waals surface area contributed by atoms with E-state index in [1.54, 1.807) is 0 Å². The van der Waals surface area contributed by atoms with Crippen LogP contribution in [0.15, 0.2) is 18.2 Å². The van der Waals surface area contributed by atoms with Crippen LogP contribution in [-0.4, -0.2) is 5.88 Å². The molecular weight excluding hydrogens is 205 g/mol. The fourth-order valence-electron chi connectivity index (χ4n) is 1.02. The smallest absolute Gasteiger partial charge is 0.0527 e. The fourth-order valence-corrected chi connectivity index (χ4v) is 1.35. The van der Waals surface area contributed by atoms with Gasteiger partial charge in [0, 0.05) is 11.6 Å². The van der Waals surface area contributed by atoms with E-state index in [4.69, 9.17) is 28.9 Å². The molecule has 0 atom stereocenters. The highest BCUT2D eigenvalue weighted by atomic mass is 35.5. The van der Waals surface area contributed by atoms with E-state index in [0.717, 1.165) is 11.1 Å². The van der Waals surface area contributed by atoms with Crippen LogP contribution in [0.4, 0.5) is 5.69 Å². The molecule has 1 rings (SSSR count). The molecule has 1 nitrogen and oxygen atoms in total. The number of hydrogen-bond donors (Lipinski definition) is 1. The first-order valence-corrected chi connectivity index (χ1v) is 4.85. The molecule has 0 aliphatic carbocycles. The maximum Gasteiger partial charge on any atom is 0.0527 e. The molecule has 0 spiro atoms. The summed E-state index contributed by atoms with van der Waals surface area (Å²) >= 11 is 11.6. The van der Waals surface area contributed by atoms with E-state index in [1.807, 2.05) is 31.2 Å². The number of hydrogen-bond acceptors (Lipinski definition) is 1. The molecule has 0 aromatic heterocycles. The molecule has 0 unspecified atom stereocenters. The van der Waals surface area contributed by atoms with Gasteiger partial charge in [0.1, 0.15) is 0 Å². The monoisotopic (exact) mass is 215 g/mol. The Morgan fingerprint density at radius 1 is 1.46 bits per heavy atom. The average Bonchev–Trinajstić information content (AvgIpc) is 2.13. The van der Waals surface area contributed by atoms with Crippen molar-refractivity contribution in [2.75, 3.05) is 11.6 Å². The van der Waals surface area contributed by atoms with Gasteiger partial charge in [-0.1, -0.05) is 29.8 Å². The van der Waals surface area contributed by atoms with E-state index in [2.05, 4.69) is 0 Å². The van der Waals surface area contributed by atoms with Crippen LogP contribution in [0.3, 0.4) is 0 Å². The van der Waals surface area contributed by atoms with Gasteiger partial charge in [-0.3, -0.25) is 0 Å². The van der Waals surface area contributed by atoms with Crippen molar-refractivity contribution >= 4 is 35.0 Å². The molecule has 0 bridgehead atoms. The summed E-state index contributed by atoms with van der Waals surface area (Å²) in [4.78, 5) is 0. The molecule has 0 aliphatic heterocycles. The van der Waals surface area contributed by atoms with Gasteiger partial charge in [0.2, 0.25) is 0 Å². The Hall–Kier alpha value is -0.660. The Labute approximate surface area is 88.1 Å². The third kappa shape index (κ3) is 2.39. The number of halogens is 2. The Bertz CT molecular complexity index is 332. The van der Waals surface area contributed by atoms with Crippen LogP contribution in [0.5, 0.6) is 0 Å². The minimum Gasteiger partial charge on any atom is -0.398 e. The molecule has 1 aromatic rings. The highest BCUT2D eigenvalue weighted by Gasteiger charge is 2.02. The van der Waals surface area contributed by atoms with Crippen LogP contribution >= 0.6 is 23.2 Å². The van der Waals surface area contributed by atoms with Crippen molar-refractivity contribution in [1.29, 1.82) is 0 Å². The zero-order valence-corrected chi connectivity index (χ0v) is 8.86. The van der Waals surface area contributed by atoms with Crippen LogP contribution < -0.4 is 5.73 Å². The number of nitrogens with two attached hydrogens (primary N) is 1. The number of rotatable bonds is 2. The Kier molecular flexibility index (Phi) is 3.64. The predicted molar refractivity (Wildman–Crippen MR) is 60.4 cm³/mol. The highest BCUT2D eigenvalue weighted by Crippen LogP contribution is 2.26. The van der Waals surface area contributed by atoms with Crippen molar-refractivity contribution in [3.8, 4) is 0 Å². The summed E-state index contributed by atoms with van der Waals surface area (Å²) in [7, 11) is 0. The van der Waals surface area contributed by atoms with Gasteiger partial charge in [0.05, 0.1) is 5.02 Å². The van der Waals surface area contributed by atoms with Gasteiger partial charge >= 0.3 is 0 Å². The first kappa shape index (κ1) is 10.4. The van der Waals surface area contributed by atoms with Gasteiger partial charge in [0.25, 0.3) is 0 Å². The molecule has 70 valence electrons. The molecule has 0 amide bonds. The lowest BCUT2D eigenvalue weighted by Gasteiger charge is -2.05. The molecule has 0 saturated heterocycles. The molecule has 0 heterocycles. The van der Waals surface area contributed by atoms with Crippen molar-refractivity contribution in [3.63, 3.8) is 0 Å². The minimum atomic E-state index is 0.486. The largest absolute Gasteiger partial charge is 0.398 e. The molecule has 2 N–H and O–H groups in total. The normalized spacial score (nSPS) is 11.0. The van der Waals surface area contributed by atoms with Crippen LogP contribution in [0.2, 0.25) is 5.02 Å². The van der Waals surface area contributed by atoms with E-state index >= 15 is 0 Å². The quantitative estimate of drug-likeness (QED) is 0.594. The number of nitrogen functional groups attached to an aromatic ring is 1. The summed E-state index contributed by atoms with van der Waals surface area (Å²) in [5.41, 5.74) is 8.27. The van der Waals surface area contributed by atoms with Gasteiger partial charge in [-0.05, 0) is 24.1 Å². The summed E-state index contributed by atoms with van der Waals surface area (Å²) in [6.07, 6.45) is 3.74. The second-order valence-electron chi connectivity index (χ2n) is 2.74. The first-order chi connectivity index (χ1) is 6.16. The van der Waals surface area contributed by atoms with Crippen molar-refractivity contribution in [1.82, 2.24) is 0 Å². The predicted octanol–water partition coefficient (Wildman–Crippen LogP) is 3.48. The van der Waals surface area contributed by atoms with Gasteiger partial charge in [-0.2, -0.15) is 0 Å². The zero-order valence-electron chi connectivity index (χ0n) is 7.35. The van der Waals surface area contributed by atoms with E-state index in [0.29, 0.717) is 16.6 Å². The van der Waals surface area contributed by atoms with E-state index in [1.165, 1.54) is 0 Å². The number of benzene rings is 1. The van der Waals surface area contributed by atoms with Crippen molar-refractivity contribution in [2.24, 2.45) is 0 Å². The average molecular weight is 216 g/mol. The number of alkyl halides is 1. The Balaban J connectivity index is 3.11. The zero-order chi connectivity index (χ0) is 9.84. The molecule has 0 fully saturated rings. The highest BCUT2D eigenvalue weighted by molar-refractivity contribution is 6.33. The molecule has 0 aliphatic rings. The third-order valence-corrected chi connectivity index (χ3v) is 2.52. The maximum atomic E-state index is 6.06. The van der Waals surface area contributed by atoms with Gasteiger partial charge < -0.3 is 5.73 Å². The second kappa shape index (κ2) is 4.54. The van der Waals surface area contributed by atoms with E-state index < -0.39 is 0 Å². The van der Waals surface area contributed by atoms with Crippen LogP contribution in [0.1, 0.15) is 11.1 Å². The first-order valence-electron chi connectivity index (χ1n) is 3.94. The van der Waals surface area contributed by atoms with Crippen LogP contribution in [-0.2, 0) is 0 Å². The second-order valence-corrected chi connectivity index (χ2v) is 3.43. The minimum absolute atomic E-state index is 0.486. The van der Waals surface area contributed by atoms with Crippen LogP contribution in [0.25, 0.3) is 6.08 Å². The standard InChI is InChI=1S/C10H11Cl2N/c1-7-9(13)5-4-8(10(7)12)3-2-6-11/h2-5H,6,13H2,1H3. The lowest BCUT2D eigenvalue weighted by Crippen LogP contribution is -1.91. The summed E-state index contributed by atoms with van der Waals surface area (Å²) in [5.74, 6) is 0.486. The van der Waals surface area contributed by atoms with Crippen molar-refractivity contribution < 1.29 is 0 Å². The Morgan fingerprint density at radius 3 is 2.77 bits per heavy atom. The lowest BCUT2D eigenvalue weighted by molar-refractivity contribution is 1.45. The molecule has 0 radical (unpaired) electrons. The summed E-state index contributed by atoms with van der Waals surface area (Å²) in [6, 6.07) is 3.73. The topological polar surface area (TPSA) is 26.0 Å². The molecule has 3 heteroatoms. The van der Waals surface area contributed by atoms with Crippen LogP contribution in [0, 0.1) is 6.92 Å². The molecule has 0 saturated carbocycles. The van der Waals surface area contributed by atoms with E-state index in [9.17, 15) is 0 Å². The lowest BCUT2D eigenvalue weighted by atomic mass is 10.1. The number of allylic oxidation sites excluding steroid dienone is 1. The SMILES string of the molecule is Cc1c(N)ccc(C=CCCl)c1Cl. The summed E-state index contributed by atoms with van der Waals surface area (Å²) < 4.78 is 0. The maximum absolute atomic E-state index is 6.06. The third-order valence-electron chi connectivity index (χ3n) is 1.84.